The van der Waals surface area contributed by atoms with Crippen molar-refractivity contribution in [2.45, 2.75) is 13.8 Å². The molecule has 0 aliphatic carbocycles. The van der Waals surface area contributed by atoms with Gasteiger partial charge in [0.2, 0.25) is 0 Å². The third-order valence-electron chi connectivity index (χ3n) is 5.67. The highest BCUT2D eigenvalue weighted by atomic mass is 16.5. The van der Waals surface area contributed by atoms with E-state index in [1.807, 2.05) is 61.1 Å². The van der Waals surface area contributed by atoms with Crippen LogP contribution in [0.5, 0.6) is 5.75 Å². The minimum atomic E-state index is 0.713. The van der Waals surface area contributed by atoms with E-state index in [0.717, 1.165) is 61.2 Å². The van der Waals surface area contributed by atoms with Gasteiger partial charge in [-0.2, -0.15) is 5.10 Å². The topological polar surface area (TPSA) is 94.7 Å². The summed E-state index contributed by atoms with van der Waals surface area (Å²) in [6.45, 7) is 3.82. The molecule has 0 unspecified atom stereocenters. The van der Waals surface area contributed by atoms with E-state index in [2.05, 4.69) is 25.2 Å². The highest BCUT2D eigenvalue weighted by Gasteiger charge is 2.21. The summed E-state index contributed by atoms with van der Waals surface area (Å²) < 4.78 is 13.0. The average molecular weight is 410 g/mol. The van der Waals surface area contributed by atoms with Gasteiger partial charge in [-0.1, -0.05) is 23.4 Å². The monoisotopic (exact) mass is 410 g/mol. The first-order valence-corrected chi connectivity index (χ1v) is 9.86. The molecule has 0 amide bonds. The van der Waals surface area contributed by atoms with Crippen molar-refractivity contribution in [1.82, 2.24) is 29.9 Å². The van der Waals surface area contributed by atoms with Crippen LogP contribution in [-0.2, 0) is 0 Å². The van der Waals surface area contributed by atoms with Crippen molar-refractivity contribution in [3.63, 3.8) is 0 Å². The summed E-state index contributed by atoms with van der Waals surface area (Å²) in [5, 5.41) is 11.6. The molecule has 152 valence electrons. The lowest BCUT2D eigenvalue weighted by atomic mass is 10.0. The van der Waals surface area contributed by atoms with Crippen LogP contribution in [0.25, 0.3) is 49.8 Å². The molecule has 0 saturated heterocycles. The highest BCUT2D eigenvalue weighted by molar-refractivity contribution is 6.11. The van der Waals surface area contributed by atoms with Gasteiger partial charge in [0.15, 0.2) is 5.82 Å². The number of aromatic nitrogens is 6. The van der Waals surface area contributed by atoms with E-state index in [1.165, 1.54) is 0 Å². The molecule has 8 heteroatoms. The number of fused-ring (bicyclic) bond motifs is 4. The number of para-hydroxylation sites is 1. The summed E-state index contributed by atoms with van der Waals surface area (Å²) in [4.78, 5) is 12.5. The zero-order chi connectivity index (χ0) is 21.1. The Balaban J connectivity index is 1.68. The number of rotatable bonds is 3. The molecule has 8 nitrogen and oxygen atoms in total. The molecule has 6 rings (SSSR count). The number of benzene rings is 2. The minimum Gasteiger partial charge on any atom is -0.496 e. The quantitative estimate of drug-likeness (QED) is 0.453. The van der Waals surface area contributed by atoms with Crippen LogP contribution in [0.15, 0.2) is 53.4 Å². The average Bonchev–Trinajstić information content (AvgIpc) is 3.47. The van der Waals surface area contributed by atoms with Gasteiger partial charge in [0.1, 0.15) is 23.5 Å². The van der Waals surface area contributed by atoms with Crippen LogP contribution in [0.2, 0.25) is 0 Å². The Hall–Kier alpha value is -4.20. The summed E-state index contributed by atoms with van der Waals surface area (Å²) >= 11 is 0. The second-order valence-electron chi connectivity index (χ2n) is 7.46. The van der Waals surface area contributed by atoms with E-state index in [4.69, 9.17) is 9.26 Å². The van der Waals surface area contributed by atoms with Crippen molar-refractivity contribution >= 4 is 32.8 Å². The lowest BCUT2D eigenvalue weighted by Crippen LogP contribution is -2.00. The molecule has 0 atom stereocenters. The molecule has 6 aromatic rings. The van der Waals surface area contributed by atoms with Gasteiger partial charge in [-0.3, -0.25) is 0 Å². The fourth-order valence-electron chi connectivity index (χ4n) is 4.27. The van der Waals surface area contributed by atoms with Gasteiger partial charge in [0.05, 0.1) is 35.5 Å². The van der Waals surface area contributed by atoms with Crippen LogP contribution in [-0.4, -0.2) is 37.0 Å². The Morgan fingerprint density at radius 1 is 1.10 bits per heavy atom. The lowest BCUT2D eigenvalue weighted by molar-refractivity contribution is 0.393. The Bertz CT molecular complexity index is 1590. The van der Waals surface area contributed by atoms with Gasteiger partial charge < -0.3 is 14.2 Å². The number of hydrogen-bond donors (Lipinski definition) is 1. The summed E-state index contributed by atoms with van der Waals surface area (Å²) in [5.41, 5.74) is 5.30. The van der Waals surface area contributed by atoms with Crippen LogP contribution >= 0.6 is 0 Å². The number of aryl methyl sites for hydroxylation is 2. The van der Waals surface area contributed by atoms with Crippen molar-refractivity contribution in [3.8, 4) is 22.7 Å². The van der Waals surface area contributed by atoms with Crippen molar-refractivity contribution in [3.05, 3.63) is 60.4 Å². The Morgan fingerprint density at radius 3 is 2.77 bits per heavy atom. The number of H-pyrrole nitrogens is 1. The molecule has 0 radical (unpaired) electrons. The minimum absolute atomic E-state index is 0.713. The van der Waals surface area contributed by atoms with Gasteiger partial charge >= 0.3 is 0 Å². The zero-order valence-electron chi connectivity index (χ0n) is 17.2. The second-order valence-corrected chi connectivity index (χ2v) is 7.46. The van der Waals surface area contributed by atoms with Gasteiger partial charge in [-0.25, -0.2) is 14.6 Å². The van der Waals surface area contributed by atoms with E-state index >= 15 is 0 Å². The van der Waals surface area contributed by atoms with Crippen molar-refractivity contribution in [2.75, 3.05) is 7.11 Å². The third-order valence-corrected chi connectivity index (χ3v) is 5.67. The lowest BCUT2D eigenvalue weighted by Gasteiger charge is -2.09. The smallest absolute Gasteiger partial charge is 0.167 e. The number of hydrogen-bond acceptors (Lipinski definition) is 6. The molecule has 4 aromatic heterocycles. The fourth-order valence-corrected chi connectivity index (χ4v) is 4.27. The number of nitrogens with one attached hydrogen (secondary N) is 1. The normalized spacial score (nSPS) is 11.7. The number of aromatic amines is 1. The molecular weight excluding hydrogens is 392 g/mol. The largest absolute Gasteiger partial charge is 0.496 e. The van der Waals surface area contributed by atoms with Crippen LogP contribution in [0.4, 0.5) is 0 Å². The SMILES string of the molecule is COc1cc2c(cc1-c1c(C)noc1C)[nH]c1ncnc(-n3ncc4ccccc43)c12. The summed E-state index contributed by atoms with van der Waals surface area (Å²) in [6.07, 6.45) is 3.39. The predicted octanol–water partition coefficient (Wildman–Crippen LogP) is 4.73. The molecule has 0 spiro atoms. The van der Waals surface area contributed by atoms with Gasteiger partial charge in [-0.05, 0) is 32.0 Å². The van der Waals surface area contributed by atoms with Crippen molar-refractivity contribution in [2.24, 2.45) is 0 Å². The summed E-state index contributed by atoms with van der Waals surface area (Å²) in [6, 6.07) is 12.1. The van der Waals surface area contributed by atoms with Crippen LogP contribution in [0, 0.1) is 13.8 Å². The van der Waals surface area contributed by atoms with Crippen molar-refractivity contribution < 1.29 is 9.26 Å². The molecule has 0 bridgehead atoms. The molecule has 0 fully saturated rings. The number of methoxy groups -OCH3 is 1. The molecule has 0 aliphatic heterocycles. The fraction of sp³-hybridized carbons (Fsp3) is 0.130. The Labute approximate surface area is 176 Å². The van der Waals surface area contributed by atoms with E-state index in [1.54, 1.807) is 13.4 Å². The zero-order valence-corrected chi connectivity index (χ0v) is 17.2. The van der Waals surface area contributed by atoms with Gasteiger partial charge in [0, 0.05) is 21.9 Å². The van der Waals surface area contributed by atoms with E-state index in [0.29, 0.717) is 5.82 Å². The molecule has 0 saturated carbocycles. The highest BCUT2D eigenvalue weighted by Crippen LogP contribution is 2.40. The predicted molar refractivity (Wildman–Crippen MR) is 118 cm³/mol. The Morgan fingerprint density at radius 2 is 1.97 bits per heavy atom. The van der Waals surface area contributed by atoms with Gasteiger partial charge in [-0.15, -0.1) is 0 Å². The van der Waals surface area contributed by atoms with Crippen LogP contribution in [0.1, 0.15) is 11.5 Å². The van der Waals surface area contributed by atoms with Crippen molar-refractivity contribution in [1.29, 1.82) is 0 Å². The first-order valence-electron chi connectivity index (χ1n) is 9.86. The Kier molecular flexibility index (Phi) is 3.64. The molecule has 4 heterocycles. The standard InChI is InChI=1S/C23H18N6O2/c1-12-20(13(2)31-28-12)16-8-17-15(9-19(16)30-3)21-22(27-17)24-11-25-23(21)29-18-7-5-4-6-14(18)10-26-29/h4-11H,1-3H3,(H,24,25,27). The van der Waals surface area contributed by atoms with E-state index in [-0.39, 0.29) is 0 Å². The van der Waals surface area contributed by atoms with Crippen LogP contribution < -0.4 is 4.74 Å². The maximum absolute atomic E-state index is 5.76. The number of nitrogens with zero attached hydrogens (tertiary/aromatic N) is 5. The van der Waals surface area contributed by atoms with E-state index in [9.17, 15) is 0 Å². The molecule has 2 aromatic carbocycles. The molecule has 31 heavy (non-hydrogen) atoms. The van der Waals surface area contributed by atoms with Gasteiger partial charge in [0.25, 0.3) is 0 Å². The molecular formula is C23H18N6O2. The molecule has 0 aliphatic rings. The van der Waals surface area contributed by atoms with E-state index < -0.39 is 0 Å². The van der Waals surface area contributed by atoms with Crippen LogP contribution in [0.3, 0.4) is 0 Å². The summed E-state index contributed by atoms with van der Waals surface area (Å²) in [7, 11) is 1.66. The summed E-state index contributed by atoms with van der Waals surface area (Å²) in [5.74, 6) is 2.18. The first kappa shape index (κ1) is 17.6. The maximum atomic E-state index is 5.76. The first-order chi connectivity index (χ1) is 15.2. The number of ether oxygens (including phenoxy) is 1. The third kappa shape index (κ3) is 2.48. The molecule has 1 N–H and O–H groups in total. The maximum Gasteiger partial charge on any atom is 0.167 e. The second kappa shape index (κ2) is 6.40.